The number of anilines is 1. The molecule has 2 aromatic rings. The van der Waals surface area contributed by atoms with Gasteiger partial charge in [0.05, 0.1) is 30.2 Å². The highest BCUT2D eigenvalue weighted by Gasteiger charge is 2.29. The topological polar surface area (TPSA) is 109 Å². The first-order valence-corrected chi connectivity index (χ1v) is 13.7. The second-order valence-corrected chi connectivity index (χ2v) is 11.1. The van der Waals surface area contributed by atoms with E-state index in [-0.39, 0.29) is 30.3 Å². The predicted octanol–water partition coefficient (Wildman–Crippen LogP) is 4.69. The molecule has 1 heterocycles. The molecule has 0 aromatic heterocycles. The van der Waals surface area contributed by atoms with Crippen LogP contribution in [-0.4, -0.2) is 49.0 Å². The van der Waals surface area contributed by atoms with E-state index in [0.717, 1.165) is 16.7 Å². The fourth-order valence-corrected chi connectivity index (χ4v) is 4.46. The molecular weight excluding hydrogens is 490 g/mol. The average molecular weight is 534 g/mol. The van der Waals surface area contributed by atoms with Crippen molar-refractivity contribution >= 4 is 28.9 Å². The van der Waals surface area contributed by atoms with Crippen molar-refractivity contribution in [3.63, 3.8) is 0 Å². The number of aliphatic imine (C=N–C) groups is 1. The number of amides is 2. The van der Waals surface area contributed by atoms with Gasteiger partial charge in [0.15, 0.2) is 0 Å². The van der Waals surface area contributed by atoms with Gasteiger partial charge in [-0.25, -0.2) is 0 Å². The molecule has 1 aliphatic rings. The van der Waals surface area contributed by atoms with Crippen LogP contribution < -0.4 is 16.1 Å². The lowest BCUT2D eigenvalue weighted by atomic mass is 9.91. The molecule has 3 N–H and O–H groups in total. The van der Waals surface area contributed by atoms with Gasteiger partial charge in [0.25, 0.3) is 0 Å². The SMILES string of the molecule is CN=C1C(=NN)c2ccccc2N(C(=O)CCC(=O)NCCC(C)(C)OCC(C)C(C)C)Cc2ccccc21. The number of hydrazone groups is 1. The van der Waals surface area contributed by atoms with E-state index < -0.39 is 0 Å². The molecule has 8 heteroatoms. The summed E-state index contributed by atoms with van der Waals surface area (Å²) < 4.78 is 6.09. The summed E-state index contributed by atoms with van der Waals surface area (Å²) in [6.45, 7) is 12.2. The molecule has 3 rings (SSSR count). The van der Waals surface area contributed by atoms with Gasteiger partial charge in [-0.2, -0.15) is 5.10 Å². The van der Waals surface area contributed by atoms with Gasteiger partial charge in [-0.05, 0) is 43.7 Å². The van der Waals surface area contributed by atoms with Crippen molar-refractivity contribution in [3.05, 3.63) is 65.2 Å². The predicted molar refractivity (Wildman–Crippen MR) is 158 cm³/mol. The zero-order chi connectivity index (χ0) is 28.6. The maximum absolute atomic E-state index is 13.5. The van der Waals surface area contributed by atoms with Gasteiger partial charge >= 0.3 is 0 Å². The van der Waals surface area contributed by atoms with Crippen LogP contribution in [0.4, 0.5) is 5.69 Å². The Kier molecular flexibility index (Phi) is 10.4. The number of nitrogens with one attached hydrogen (secondary N) is 1. The van der Waals surface area contributed by atoms with Gasteiger partial charge in [0.2, 0.25) is 11.8 Å². The number of benzene rings is 2. The molecule has 2 amide bonds. The number of carbonyl (C=O) groups excluding carboxylic acids is 2. The molecule has 0 radical (unpaired) electrons. The fraction of sp³-hybridized carbons (Fsp3) is 0.484. The number of fused-ring (bicyclic) bond motifs is 2. The van der Waals surface area contributed by atoms with Crippen molar-refractivity contribution in [2.24, 2.45) is 27.8 Å². The Labute approximate surface area is 232 Å². The van der Waals surface area contributed by atoms with Gasteiger partial charge in [0.1, 0.15) is 5.71 Å². The maximum Gasteiger partial charge on any atom is 0.227 e. The van der Waals surface area contributed by atoms with Crippen LogP contribution in [0.15, 0.2) is 58.6 Å². The highest BCUT2D eigenvalue weighted by Crippen LogP contribution is 2.30. The molecule has 0 saturated heterocycles. The molecule has 1 atom stereocenters. The van der Waals surface area contributed by atoms with Crippen molar-refractivity contribution in [2.45, 2.75) is 66.0 Å². The van der Waals surface area contributed by atoms with E-state index in [1.165, 1.54) is 0 Å². The normalized spacial score (nSPS) is 16.4. The Balaban J connectivity index is 1.67. The third-order valence-electron chi connectivity index (χ3n) is 7.42. The van der Waals surface area contributed by atoms with Gasteiger partial charge in [0, 0.05) is 37.6 Å². The lowest BCUT2D eigenvalue weighted by Crippen LogP contribution is -2.37. The molecule has 0 fully saturated rings. The monoisotopic (exact) mass is 533 g/mol. The molecule has 2 aromatic carbocycles. The van der Waals surface area contributed by atoms with Crippen LogP contribution in [-0.2, 0) is 20.9 Å². The summed E-state index contributed by atoms with van der Waals surface area (Å²) in [5, 5.41) is 7.02. The lowest BCUT2D eigenvalue weighted by Gasteiger charge is -2.30. The molecule has 39 heavy (non-hydrogen) atoms. The zero-order valence-corrected chi connectivity index (χ0v) is 24.2. The van der Waals surface area contributed by atoms with E-state index in [1.54, 1.807) is 11.9 Å². The minimum Gasteiger partial charge on any atom is -0.375 e. The van der Waals surface area contributed by atoms with Crippen molar-refractivity contribution in [1.82, 2.24) is 5.32 Å². The highest BCUT2D eigenvalue weighted by molar-refractivity contribution is 6.54. The van der Waals surface area contributed by atoms with E-state index in [0.29, 0.717) is 55.1 Å². The summed E-state index contributed by atoms with van der Waals surface area (Å²) in [6.07, 6.45) is 0.874. The van der Waals surface area contributed by atoms with E-state index in [4.69, 9.17) is 10.6 Å². The van der Waals surface area contributed by atoms with Crippen LogP contribution in [0.3, 0.4) is 0 Å². The largest absolute Gasteiger partial charge is 0.375 e. The summed E-state index contributed by atoms with van der Waals surface area (Å²) in [4.78, 5) is 32.4. The molecule has 0 aliphatic carbocycles. The second-order valence-electron chi connectivity index (χ2n) is 11.1. The molecular formula is C31H43N5O3. The first-order chi connectivity index (χ1) is 18.6. The van der Waals surface area contributed by atoms with Crippen molar-refractivity contribution < 1.29 is 14.3 Å². The van der Waals surface area contributed by atoms with Crippen LogP contribution in [0.1, 0.15) is 70.6 Å². The number of rotatable bonds is 10. The van der Waals surface area contributed by atoms with E-state index in [2.05, 4.69) is 36.2 Å². The van der Waals surface area contributed by atoms with Crippen LogP contribution >= 0.6 is 0 Å². The minimum atomic E-state index is -0.336. The summed E-state index contributed by atoms with van der Waals surface area (Å²) in [5.74, 6) is 6.58. The fourth-order valence-electron chi connectivity index (χ4n) is 4.46. The smallest absolute Gasteiger partial charge is 0.227 e. The standard InChI is InChI=1S/C31H43N5O3/c1-21(2)22(3)20-39-31(4,5)17-18-34-27(37)15-16-28(38)36-19-23-11-7-8-12-24(23)29(33-6)30(35-32)25-13-9-10-14-26(25)36/h7-14,21-22H,15-20,32H2,1-6H3,(H,34,37). The molecule has 1 aliphatic heterocycles. The molecule has 1 unspecified atom stereocenters. The van der Waals surface area contributed by atoms with Gasteiger partial charge in [-0.3, -0.25) is 14.6 Å². The summed E-state index contributed by atoms with van der Waals surface area (Å²) >= 11 is 0. The number of ether oxygens (including phenoxy) is 1. The van der Waals surface area contributed by atoms with Crippen molar-refractivity contribution in [2.75, 3.05) is 25.1 Å². The van der Waals surface area contributed by atoms with Crippen molar-refractivity contribution in [1.29, 1.82) is 0 Å². The van der Waals surface area contributed by atoms with E-state index in [9.17, 15) is 9.59 Å². The van der Waals surface area contributed by atoms with Crippen LogP contribution in [0.2, 0.25) is 0 Å². The zero-order valence-electron chi connectivity index (χ0n) is 24.2. The molecule has 210 valence electrons. The first-order valence-electron chi connectivity index (χ1n) is 13.7. The molecule has 0 saturated carbocycles. The van der Waals surface area contributed by atoms with Gasteiger partial charge in [-0.1, -0.05) is 63.2 Å². The first kappa shape index (κ1) is 30.0. The third kappa shape index (κ3) is 7.76. The summed E-state index contributed by atoms with van der Waals surface area (Å²) in [7, 11) is 1.71. The minimum absolute atomic E-state index is 0.0813. The van der Waals surface area contributed by atoms with Gasteiger partial charge < -0.3 is 20.8 Å². The Morgan fingerprint density at radius 3 is 2.36 bits per heavy atom. The Bertz CT molecular complexity index is 1220. The third-order valence-corrected chi connectivity index (χ3v) is 7.42. The van der Waals surface area contributed by atoms with Crippen molar-refractivity contribution in [3.8, 4) is 0 Å². The maximum atomic E-state index is 13.5. The number of nitrogens with zero attached hydrogens (tertiary/aromatic N) is 3. The van der Waals surface area contributed by atoms with Gasteiger partial charge in [-0.15, -0.1) is 0 Å². The molecule has 8 nitrogen and oxygen atoms in total. The number of hydrogen-bond donors (Lipinski definition) is 2. The van der Waals surface area contributed by atoms with Crippen LogP contribution in [0.5, 0.6) is 0 Å². The molecule has 0 bridgehead atoms. The number of carbonyl (C=O) groups is 2. The number of para-hydroxylation sites is 1. The quantitative estimate of drug-likeness (QED) is 0.341. The highest BCUT2D eigenvalue weighted by atomic mass is 16.5. The number of hydrogen-bond acceptors (Lipinski definition) is 6. The van der Waals surface area contributed by atoms with E-state index in [1.807, 2.05) is 62.4 Å². The summed E-state index contributed by atoms with van der Waals surface area (Å²) in [5.41, 5.74) is 4.08. The average Bonchev–Trinajstić information content (AvgIpc) is 2.91. The van der Waals surface area contributed by atoms with Crippen LogP contribution in [0, 0.1) is 11.8 Å². The number of nitrogens with two attached hydrogens (primary N) is 1. The Hall–Kier alpha value is -3.52. The van der Waals surface area contributed by atoms with Crippen LogP contribution in [0.25, 0.3) is 0 Å². The Morgan fingerprint density at radius 2 is 1.69 bits per heavy atom. The Morgan fingerprint density at radius 1 is 1.03 bits per heavy atom. The summed E-state index contributed by atoms with van der Waals surface area (Å²) in [6, 6.07) is 15.3. The van der Waals surface area contributed by atoms with E-state index >= 15 is 0 Å². The lowest BCUT2D eigenvalue weighted by molar-refractivity contribution is -0.125. The molecule has 0 spiro atoms. The second kappa shape index (κ2) is 13.5.